The van der Waals surface area contributed by atoms with Crippen molar-refractivity contribution < 1.29 is 4.74 Å². The van der Waals surface area contributed by atoms with E-state index in [9.17, 15) is 0 Å². The van der Waals surface area contributed by atoms with Crippen molar-refractivity contribution >= 4 is 28.4 Å². The molecule has 0 saturated heterocycles. The van der Waals surface area contributed by atoms with Crippen LogP contribution >= 0.6 is 0 Å². The van der Waals surface area contributed by atoms with Crippen molar-refractivity contribution in [3.63, 3.8) is 0 Å². The van der Waals surface area contributed by atoms with Crippen LogP contribution in [0.3, 0.4) is 0 Å². The molecule has 0 unspecified atom stereocenters. The van der Waals surface area contributed by atoms with Gasteiger partial charge in [-0.2, -0.15) is 0 Å². The van der Waals surface area contributed by atoms with E-state index in [1.54, 1.807) is 0 Å². The standard InChI is InChI=1S/C36H30N2O/c1-2-9-25(10-3-1)24-39-35-22-19-26-11-4-5-12-29(26)33(35)23-37-28-20-17-27(18-21-28)36-32-15-8-14-30(32)31-13-6-7-16-34(31)38-36/h1-14,16-23,30,32,36,38H,15,24H2/t30-,32-,36+/m1/s1. The number of fused-ring (bicyclic) bond motifs is 4. The van der Waals surface area contributed by atoms with Gasteiger partial charge in [-0.15, -0.1) is 0 Å². The van der Waals surface area contributed by atoms with Crippen LogP contribution in [0.25, 0.3) is 10.8 Å². The Labute approximate surface area is 229 Å². The molecular weight excluding hydrogens is 476 g/mol. The molecule has 3 atom stereocenters. The molecular formula is C36H30N2O. The maximum atomic E-state index is 6.28. The van der Waals surface area contributed by atoms with Crippen LogP contribution in [-0.4, -0.2) is 6.21 Å². The van der Waals surface area contributed by atoms with Crippen molar-refractivity contribution in [1.82, 2.24) is 0 Å². The molecule has 39 heavy (non-hydrogen) atoms. The maximum Gasteiger partial charge on any atom is 0.129 e. The monoisotopic (exact) mass is 506 g/mol. The number of nitrogens with zero attached hydrogens (tertiary/aromatic N) is 1. The Morgan fingerprint density at radius 1 is 0.795 bits per heavy atom. The molecule has 1 aliphatic carbocycles. The molecule has 5 aromatic carbocycles. The number of aliphatic imine (C=N–C) groups is 1. The summed E-state index contributed by atoms with van der Waals surface area (Å²) < 4.78 is 6.28. The number of para-hydroxylation sites is 1. The van der Waals surface area contributed by atoms with Gasteiger partial charge in [0.2, 0.25) is 0 Å². The fourth-order valence-electron chi connectivity index (χ4n) is 6.05. The highest BCUT2D eigenvalue weighted by Crippen LogP contribution is 2.49. The van der Waals surface area contributed by atoms with Gasteiger partial charge in [-0.1, -0.05) is 103 Å². The van der Waals surface area contributed by atoms with Crippen LogP contribution in [0.2, 0.25) is 0 Å². The van der Waals surface area contributed by atoms with Gasteiger partial charge in [0.25, 0.3) is 0 Å². The highest BCUT2D eigenvalue weighted by molar-refractivity contribution is 6.03. The van der Waals surface area contributed by atoms with Crippen LogP contribution < -0.4 is 10.1 Å². The Hall–Kier alpha value is -4.63. The number of ether oxygens (including phenoxy) is 1. The zero-order valence-corrected chi connectivity index (χ0v) is 21.7. The first kappa shape index (κ1) is 23.5. The van der Waals surface area contributed by atoms with Crippen LogP contribution in [0.4, 0.5) is 11.4 Å². The Bertz CT molecular complexity index is 1670. The predicted molar refractivity (Wildman–Crippen MR) is 161 cm³/mol. The van der Waals surface area contributed by atoms with Gasteiger partial charge in [-0.3, -0.25) is 4.99 Å². The number of hydrogen-bond acceptors (Lipinski definition) is 3. The van der Waals surface area contributed by atoms with Gasteiger partial charge < -0.3 is 10.1 Å². The van der Waals surface area contributed by atoms with Crippen molar-refractivity contribution in [3.05, 3.63) is 150 Å². The molecule has 0 aromatic heterocycles. The van der Waals surface area contributed by atoms with Crippen LogP contribution in [0.15, 0.2) is 132 Å². The zero-order chi connectivity index (χ0) is 26.0. The lowest BCUT2D eigenvalue weighted by Gasteiger charge is -2.37. The zero-order valence-electron chi connectivity index (χ0n) is 21.7. The minimum Gasteiger partial charge on any atom is -0.488 e. The van der Waals surface area contributed by atoms with Gasteiger partial charge in [0, 0.05) is 23.4 Å². The molecule has 0 saturated carbocycles. The first-order valence-corrected chi connectivity index (χ1v) is 13.7. The molecule has 0 bridgehead atoms. The number of allylic oxidation sites excluding steroid dienone is 2. The van der Waals surface area contributed by atoms with Gasteiger partial charge in [0.15, 0.2) is 0 Å². The largest absolute Gasteiger partial charge is 0.488 e. The number of rotatable bonds is 6. The molecule has 0 fully saturated rings. The van der Waals surface area contributed by atoms with Crippen molar-refractivity contribution in [1.29, 1.82) is 0 Å². The fourth-order valence-corrected chi connectivity index (χ4v) is 6.05. The summed E-state index contributed by atoms with van der Waals surface area (Å²) in [5.74, 6) is 1.85. The van der Waals surface area contributed by atoms with E-state index in [0.717, 1.165) is 34.4 Å². The molecule has 1 heterocycles. The van der Waals surface area contributed by atoms with E-state index in [4.69, 9.17) is 9.73 Å². The molecule has 2 aliphatic rings. The number of anilines is 1. The first-order valence-electron chi connectivity index (χ1n) is 13.7. The highest BCUT2D eigenvalue weighted by Gasteiger charge is 2.37. The SMILES string of the molecule is C1=C[C@@H]2c3ccccc3N[C@@H](c3ccc(N=Cc4c(OCc5ccccc5)ccc5ccccc45)cc3)[C@@H]2C1. The van der Waals surface area contributed by atoms with Crippen LogP contribution in [-0.2, 0) is 6.61 Å². The van der Waals surface area contributed by atoms with Crippen LogP contribution in [0, 0.1) is 5.92 Å². The van der Waals surface area contributed by atoms with Gasteiger partial charge in [0.05, 0.1) is 11.7 Å². The van der Waals surface area contributed by atoms with Gasteiger partial charge in [-0.05, 0) is 64.1 Å². The third-order valence-corrected chi connectivity index (χ3v) is 8.03. The van der Waals surface area contributed by atoms with E-state index in [1.165, 1.54) is 22.2 Å². The summed E-state index contributed by atoms with van der Waals surface area (Å²) in [7, 11) is 0. The lowest BCUT2D eigenvalue weighted by molar-refractivity contribution is 0.306. The van der Waals surface area contributed by atoms with E-state index < -0.39 is 0 Å². The van der Waals surface area contributed by atoms with E-state index in [1.807, 2.05) is 30.5 Å². The quantitative estimate of drug-likeness (QED) is 0.184. The average Bonchev–Trinajstić information content (AvgIpc) is 3.50. The van der Waals surface area contributed by atoms with Crippen LogP contribution in [0.5, 0.6) is 5.75 Å². The molecule has 5 aromatic rings. The van der Waals surface area contributed by atoms with E-state index in [0.29, 0.717) is 18.4 Å². The van der Waals surface area contributed by atoms with Crippen molar-refractivity contribution in [3.8, 4) is 5.75 Å². The van der Waals surface area contributed by atoms with Crippen molar-refractivity contribution in [2.24, 2.45) is 10.9 Å². The molecule has 0 radical (unpaired) electrons. The highest BCUT2D eigenvalue weighted by atomic mass is 16.5. The molecule has 3 nitrogen and oxygen atoms in total. The summed E-state index contributed by atoms with van der Waals surface area (Å²) in [6.45, 7) is 0.517. The molecule has 0 amide bonds. The first-order chi connectivity index (χ1) is 19.3. The number of hydrogen-bond donors (Lipinski definition) is 1. The van der Waals surface area contributed by atoms with E-state index in [-0.39, 0.29) is 6.04 Å². The Balaban J connectivity index is 1.16. The molecule has 3 heteroatoms. The summed E-state index contributed by atoms with van der Waals surface area (Å²) in [6.07, 6.45) is 7.77. The summed E-state index contributed by atoms with van der Waals surface area (Å²) in [5, 5.41) is 6.13. The minimum absolute atomic E-state index is 0.286. The molecule has 1 aliphatic heterocycles. The molecule has 190 valence electrons. The minimum atomic E-state index is 0.286. The third-order valence-electron chi connectivity index (χ3n) is 8.03. The van der Waals surface area contributed by atoms with Gasteiger partial charge in [-0.25, -0.2) is 0 Å². The summed E-state index contributed by atoms with van der Waals surface area (Å²) in [5.41, 5.74) is 7.03. The second-order valence-corrected chi connectivity index (χ2v) is 10.4. The number of benzene rings is 5. The smallest absolute Gasteiger partial charge is 0.129 e. The summed E-state index contributed by atoms with van der Waals surface area (Å²) in [4.78, 5) is 4.89. The molecule has 7 rings (SSSR count). The van der Waals surface area contributed by atoms with E-state index >= 15 is 0 Å². The van der Waals surface area contributed by atoms with Gasteiger partial charge >= 0.3 is 0 Å². The second-order valence-electron chi connectivity index (χ2n) is 10.4. The summed E-state index contributed by atoms with van der Waals surface area (Å²) in [6, 6.07) is 40.5. The number of nitrogens with one attached hydrogen (secondary N) is 1. The van der Waals surface area contributed by atoms with Gasteiger partial charge in [0.1, 0.15) is 12.4 Å². The average molecular weight is 507 g/mol. The Kier molecular flexibility index (Phi) is 6.18. The lowest BCUT2D eigenvalue weighted by Crippen LogP contribution is -2.28. The molecule has 0 spiro atoms. The topological polar surface area (TPSA) is 33.6 Å². The lowest BCUT2D eigenvalue weighted by atomic mass is 9.77. The fraction of sp³-hybridized carbons (Fsp3) is 0.139. The van der Waals surface area contributed by atoms with Crippen molar-refractivity contribution in [2.45, 2.75) is 25.0 Å². The van der Waals surface area contributed by atoms with E-state index in [2.05, 4.69) is 108 Å². The summed E-state index contributed by atoms with van der Waals surface area (Å²) >= 11 is 0. The maximum absolute atomic E-state index is 6.28. The Morgan fingerprint density at radius 2 is 1.59 bits per heavy atom. The third kappa shape index (κ3) is 4.61. The second kappa shape index (κ2) is 10.3. The molecule has 1 N–H and O–H groups in total. The van der Waals surface area contributed by atoms with Crippen LogP contribution in [0.1, 0.15) is 40.6 Å². The van der Waals surface area contributed by atoms with Crippen molar-refractivity contribution in [2.75, 3.05) is 5.32 Å². The predicted octanol–water partition coefficient (Wildman–Crippen LogP) is 9.00. The normalized spacial score (nSPS) is 19.5. The Morgan fingerprint density at radius 3 is 2.49 bits per heavy atom.